The van der Waals surface area contributed by atoms with Crippen molar-refractivity contribution in [1.29, 1.82) is 0 Å². The standard InChI is InChI=1S/C15H18N2O3S/c1-9-5-4-6-12(7-9)16-13(18)8-17-14(19)10(2)21-11(3)15(17)20/h4-7,10-11H,8H2,1-3H3,(H,16,18)/t10-,11+. The van der Waals surface area contributed by atoms with Crippen molar-refractivity contribution in [2.75, 3.05) is 11.9 Å². The first-order valence-electron chi connectivity index (χ1n) is 6.75. The first-order valence-corrected chi connectivity index (χ1v) is 7.70. The van der Waals surface area contributed by atoms with E-state index in [-0.39, 0.29) is 34.8 Å². The molecule has 1 N–H and O–H groups in total. The van der Waals surface area contributed by atoms with Crippen LogP contribution in [0.1, 0.15) is 19.4 Å². The number of thioether (sulfide) groups is 1. The molecule has 1 aliphatic heterocycles. The summed E-state index contributed by atoms with van der Waals surface area (Å²) in [5.74, 6) is -0.974. The van der Waals surface area contributed by atoms with E-state index in [2.05, 4.69) is 5.32 Å². The number of carbonyl (C=O) groups is 3. The predicted octanol–water partition coefficient (Wildman–Crippen LogP) is 1.81. The Hall–Kier alpha value is -1.82. The van der Waals surface area contributed by atoms with Gasteiger partial charge in [0.25, 0.3) is 0 Å². The van der Waals surface area contributed by atoms with Gasteiger partial charge in [-0.25, -0.2) is 0 Å². The summed E-state index contributed by atoms with van der Waals surface area (Å²) in [6.07, 6.45) is 0. The summed E-state index contributed by atoms with van der Waals surface area (Å²) in [6, 6.07) is 7.36. The number of nitrogens with zero attached hydrogens (tertiary/aromatic N) is 1. The topological polar surface area (TPSA) is 66.5 Å². The van der Waals surface area contributed by atoms with Gasteiger partial charge in [0.05, 0.1) is 10.5 Å². The molecule has 2 rings (SSSR count). The lowest BCUT2D eigenvalue weighted by Crippen LogP contribution is -2.52. The van der Waals surface area contributed by atoms with Crippen LogP contribution in [-0.2, 0) is 14.4 Å². The lowest BCUT2D eigenvalue weighted by molar-refractivity contribution is -0.147. The van der Waals surface area contributed by atoms with E-state index < -0.39 is 0 Å². The van der Waals surface area contributed by atoms with Crippen LogP contribution in [0.15, 0.2) is 24.3 Å². The second kappa shape index (κ2) is 6.30. The number of nitrogens with one attached hydrogen (secondary N) is 1. The van der Waals surface area contributed by atoms with Gasteiger partial charge in [-0.1, -0.05) is 12.1 Å². The normalized spacial score (nSPS) is 22.3. The van der Waals surface area contributed by atoms with E-state index in [1.807, 2.05) is 25.1 Å². The quantitative estimate of drug-likeness (QED) is 0.865. The van der Waals surface area contributed by atoms with Gasteiger partial charge in [0.2, 0.25) is 17.7 Å². The number of amides is 3. The van der Waals surface area contributed by atoms with Crippen molar-refractivity contribution in [3.05, 3.63) is 29.8 Å². The lowest BCUT2D eigenvalue weighted by atomic mass is 10.2. The van der Waals surface area contributed by atoms with Crippen LogP contribution >= 0.6 is 11.8 Å². The maximum Gasteiger partial charge on any atom is 0.244 e. The number of anilines is 1. The van der Waals surface area contributed by atoms with Gasteiger partial charge in [-0.2, -0.15) is 0 Å². The molecule has 0 aliphatic carbocycles. The Balaban J connectivity index is 2.04. The van der Waals surface area contributed by atoms with Crippen molar-refractivity contribution in [3.63, 3.8) is 0 Å². The molecule has 0 bridgehead atoms. The van der Waals surface area contributed by atoms with Gasteiger partial charge in [-0.3, -0.25) is 19.3 Å². The lowest BCUT2D eigenvalue weighted by Gasteiger charge is -2.31. The fraction of sp³-hybridized carbons (Fsp3) is 0.400. The molecule has 1 heterocycles. The number of rotatable bonds is 3. The molecular weight excluding hydrogens is 288 g/mol. The molecule has 112 valence electrons. The Labute approximate surface area is 128 Å². The van der Waals surface area contributed by atoms with Gasteiger partial charge in [0.15, 0.2) is 0 Å². The fourth-order valence-corrected chi connectivity index (χ4v) is 3.29. The van der Waals surface area contributed by atoms with Crippen LogP contribution in [0.2, 0.25) is 0 Å². The smallest absolute Gasteiger partial charge is 0.244 e. The van der Waals surface area contributed by atoms with Gasteiger partial charge < -0.3 is 5.32 Å². The van der Waals surface area contributed by atoms with Crippen molar-refractivity contribution < 1.29 is 14.4 Å². The number of aryl methyl sites for hydroxylation is 1. The summed E-state index contributed by atoms with van der Waals surface area (Å²) >= 11 is 1.32. The Kier molecular flexibility index (Phi) is 4.67. The largest absolute Gasteiger partial charge is 0.325 e. The number of imide groups is 1. The summed E-state index contributed by atoms with van der Waals surface area (Å²) in [6.45, 7) is 5.19. The number of benzene rings is 1. The van der Waals surface area contributed by atoms with E-state index in [0.29, 0.717) is 5.69 Å². The molecule has 1 aliphatic rings. The third-order valence-electron chi connectivity index (χ3n) is 3.24. The molecule has 3 amide bonds. The molecule has 1 aromatic carbocycles. The SMILES string of the molecule is Cc1cccc(NC(=O)CN2C(=O)[C@H](C)S[C@H](C)C2=O)c1. The van der Waals surface area contributed by atoms with E-state index in [9.17, 15) is 14.4 Å². The molecule has 0 aromatic heterocycles. The van der Waals surface area contributed by atoms with E-state index in [4.69, 9.17) is 0 Å². The van der Waals surface area contributed by atoms with Crippen LogP contribution in [0.3, 0.4) is 0 Å². The maximum absolute atomic E-state index is 12.0. The highest BCUT2D eigenvalue weighted by Gasteiger charge is 2.37. The zero-order chi connectivity index (χ0) is 15.6. The van der Waals surface area contributed by atoms with E-state index in [0.717, 1.165) is 10.5 Å². The third-order valence-corrected chi connectivity index (χ3v) is 4.46. The summed E-state index contributed by atoms with van der Waals surface area (Å²) in [5, 5.41) is 2.11. The van der Waals surface area contributed by atoms with Crippen LogP contribution in [-0.4, -0.2) is 39.7 Å². The van der Waals surface area contributed by atoms with Crippen molar-refractivity contribution in [1.82, 2.24) is 4.90 Å². The molecule has 5 nitrogen and oxygen atoms in total. The van der Waals surface area contributed by atoms with E-state index >= 15 is 0 Å². The summed E-state index contributed by atoms with van der Waals surface area (Å²) in [5.41, 5.74) is 1.68. The predicted molar refractivity (Wildman–Crippen MR) is 83.0 cm³/mol. The van der Waals surface area contributed by atoms with Crippen molar-refractivity contribution in [2.24, 2.45) is 0 Å². The number of carbonyl (C=O) groups excluding carboxylic acids is 3. The first-order chi connectivity index (χ1) is 9.88. The van der Waals surface area contributed by atoms with Crippen LogP contribution in [0.5, 0.6) is 0 Å². The number of hydrogen-bond donors (Lipinski definition) is 1. The van der Waals surface area contributed by atoms with Gasteiger partial charge in [0, 0.05) is 5.69 Å². The summed E-state index contributed by atoms with van der Waals surface area (Å²) < 4.78 is 0. The molecule has 6 heteroatoms. The first kappa shape index (κ1) is 15.6. The second-order valence-electron chi connectivity index (χ2n) is 5.10. The van der Waals surface area contributed by atoms with Crippen molar-refractivity contribution in [3.8, 4) is 0 Å². The summed E-state index contributed by atoms with van der Waals surface area (Å²) in [7, 11) is 0. The fourth-order valence-electron chi connectivity index (χ4n) is 2.19. The van der Waals surface area contributed by atoms with Crippen molar-refractivity contribution >= 4 is 35.2 Å². The average Bonchev–Trinajstić information content (AvgIpc) is 2.41. The minimum atomic E-state index is -0.367. The molecule has 0 radical (unpaired) electrons. The van der Waals surface area contributed by atoms with Gasteiger partial charge in [-0.15, -0.1) is 11.8 Å². The molecule has 0 spiro atoms. The zero-order valence-electron chi connectivity index (χ0n) is 12.3. The van der Waals surface area contributed by atoms with Gasteiger partial charge in [-0.05, 0) is 38.5 Å². The second-order valence-corrected chi connectivity index (χ2v) is 6.79. The van der Waals surface area contributed by atoms with Crippen LogP contribution < -0.4 is 5.32 Å². The highest BCUT2D eigenvalue weighted by molar-refractivity contribution is 8.02. The maximum atomic E-state index is 12.0. The average molecular weight is 306 g/mol. The molecule has 1 fully saturated rings. The molecule has 0 saturated carbocycles. The molecule has 2 atom stereocenters. The highest BCUT2D eigenvalue weighted by Crippen LogP contribution is 2.26. The molecular formula is C15H18N2O3S. The summed E-state index contributed by atoms with van der Waals surface area (Å²) in [4.78, 5) is 37.1. The molecule has 1 aromatic rings. The van der Waals surface area contributed by atoms with E-state index in [1.165, 1.54) is 11.8 Å². The Morgan fingerprint density at radius 1 is 1.24 bits per heavy atom. The highest BCUT2D eigenvalue weighted by atomic mass is 32.2. The minimum absolute atomic E-state index is 0.235. The van der Waals surface area contributed by atoms with E-state index in [1.54, 1.807) is 19.9 Å². The van der Waals surface area contributed by atoms with Crippen LogP contribution in [0.4, 0.5) is 5.69 Å². The molecule has 21 heavy (non-hydrogen) atoms. The van der Waals surface area contributed by atoms with Gasteiger partial charge >= 0.3 is 0 Å². The zero-order valence-corrected chi connectivity index (χ0v) is 13.1. The Morgan fingerprint density at radius 3 is 2.43 bits per heavy atom. The van der Waals surface area contributed by atoms with Crippen molar-refractivity contribution in [2.45, 2.75) is 31.3 Å². The Morgan fingerprint density at radius 2 is 1.86 bits per heavy atom. The third kappa shape index (κ3) is 3.64. The van der Waals surface area contributed by atoms with Gasteiger partial charge in [0.1, 0.15) is 6.54 Å². The van der Waals surface area contributed by atoms with Crippen LogP contribution in [0, 0.1) is 6.92 Å². The Bertz CT molecular complexity index is 568. The monoisotopic (exact) mass is 306 g/mol. The molecule has 0 unspecified atom stereocenters. The minimum Gasteiger partial charge on any atom is -0.325 e. The van der Waals surface area contributed by atoms with Crippen LogP contribution in [0.25, 0.3) is 0 Å². The molecule has 1 saturated heterocycles. The number of hydrogen-bond acceptors (Lipinski definition) is 4.